The number of likely N-dealkylation sites (N-methyl/N-ethyl adjacent to an activating group) is 1. The van der Waals surface area contributed by atoms with Crippen molar-refractivity contribution in [1.29, 1.82) is 0 Å². The minimum Gasteiger partial charge on any atom is -0.348 e. The number of amides is 1. The normalized spacial score (nSPS) is 15.8. The fourth-order valence-electron chi connectivity index (χ4n) is 3.07. The maximum Gasteiger partial charge on any atom is 0.251 e. The van der Waals surface area contributed by atoms with Crippen LogP contribution in [0, 0.1) is 5.82 Å². The summed E-state index contributed by atoms with van der Waals surface area (Å²) in [5.74, 6) is -0.714. The predicted molar refractivity (Wildman–Crippen MR) is 104 cm³/mol. The number of rotatable bonds is 5. The van der Waals surface area contributed by atoms with E-state index in [2.05, 4.69) is 50.2 Å². The van der Waals surface area contributed by atoms with Gasteiger partial charge in [0.1, 0.15) is 5.82 Å². The Kier molecular flexibility index (Phi) is 6.40. The van der Waals surface area contributed by atoms with Crippen molar-refractivity contribution in [3.63, 3.8) is 0 Å². The van der Waals surface area contributed by atoms with Gasteiger partial charge in [0, 0.05) is 49.3 Å². The average molecular weight is 420 g/mol. The van der Waals surface area contributed by atoms with Gasteiger partial charge in [-0.15, -0.1) is 0 Å². The minimum absolute atomic E-state index is 0.283. The SMILES string of the molecule is CN1CCN(Cc2cccc(CNC(=O)c3cc(F)cc(Br)c3)c2)CC1. The van der Waals surface area contributed by atoms with Gasteiger partial charge in [-0.3, -0.25) is 9.69 Å². The van der Waals surface area contributed by atoms with E-state index in [9.17, 15) is 9.18 Å². The molecule has 2 aromatic rings. The van der Waals surface area contributed by atoms with Crippen LogP contribution in [-0.2, 0) is 13.1 Å². The van der Waals surface area contributed by atoms with Crippen LogP contribution >= 0.6 is 15.9 Å². The zero-order chi connectivity index (χ0) is 18.5. The van der Waals surface area contributed by atoms with Crippen LogP contribution in [0.25, 0.3) is 0 Å². The number of carbonyl (C=O) groups excluding carboxylic acids is 1. The Balaban J connectivity index is 1.57. The highest BCUT2D eigenvalue weighted by atomic mass is 79.9. The number of nitrogens with zero attached hydrogens (tertiary/aromatic N) is 2. The molecule has 0 saturated carbocycles. The number of hydrogen-bond acceptors (Lipinski definition) is 3. The Hall–Kier alpha value is -1.76. The molecule has 0 radical (unpaired) electrons. The predicted octanol–water partition coefficient (Wildman–Crippen LogP) is 3.27. The third kappa shape index (κ3) is 5.37. The molecule has 0 bridgehead atoms. The van der Waals surface area contributed by atoms with Crippen LogP contribution < -0.4 is 5.32 Å². The van der Waals surface area contributed by atoms with Crippen molar-refractivity contribution in [3.05, 3.63) is 69.4 Å². The van der Waals surface area contributed by atoms with E-state index in [1.807, 2.05) is 12.1 Å². The monoisotopic (exact) mass is 419 g/mol. The molecule has 1 N–H and O–H groups in total. The number of hydrogen-bond donors (Lipinski definition) is 1. The Morgan fingerprint density at radius 3 is 2.58 bits per heavy atom. The van der Waals surface area contributed by atoms with Gasteiger partial charge >= 0.3 is 0 Å². The quantitative estimate of drug-likeness (QED) is 0.807. The first kappa shape index (κ1) is 19.0. The van der Waals surface area contributed by atoms with Crippen LogP contribution in [0.1, 0.15) is 21.5 Å². The summed E-state index contributed by atoms with van der Waals surface area (Å²) in [5, 5.41) is 2.86. The Morgan fingerprint density at radius 2 is 1.85 bits per heavy atom. The Morgan fingerprint density at radius 1 is 1.12 bits per heavy atom. The average Bonchev–Trinajstić information content (AvgIpc) is 2.61. The van der Waals surface area contributed by atoms with E-state index in [1.165, 1.54) is 17.7 Å². The summed E-state index contributed by atoms with van der Waals surface area (Å²) in [6.07, 6.45) is 0. The summed E-state index contributed by atoms with van der Waals surface area (Å²) in [6.45, 7) is 5.69. The van der Waals surface area contributed by atoms with Crippen LogP contribution in [0.4, 0.5) is 4.39 Å². The van der Waals surface area contributed by atoms with Crippen molar-refractivity contribution < 1.29 is 9.18 Å². The van der Waals surface area contributed by atoms with Crippen molar-refractivity contribution in [1.82, 2.24) is 15.1 Å². The first-order valence-electron chi connectivity index (χ1n) is 8.72. The molecule has 1 aliphatic rings. The van der Waals surface area contributed by atoms with Crippen LogP contribution in [0.15, 0.2) is 46.9 Å². The third-order valence-electron chi connectivity index (χ3n) is 4.57. The molecule has 138 valence electrons. The van der Waals surface area contributed by atoms with Gasteiger partial charge in [-0.05, 0) is 36.4 Å². The molecule has 0 unspecified atom stereocenters. The van der Waals surface area contributed by atoms with Crippen molar-refractivity contribution in [2.24, 2.45) is 0 Å². The second kappa shape index (κ2) is 8.75. The Labute approximate surface area is 162 Å². The van der Waals surface area contributed by atoms with Gasteiger partial charge < -0.3 is 10.2 Å². The molecule has 1 amide bonds. The highest BCUT2D eigenvalue weighted by molar-refractivity contribution is 9.10. The molecule has 6 heteroatoms. The fourth-order valence-corrected chi connectivity index (χ4v) is 3.54. The molecule has 4 nitrogen and oxygen atoms in total. The van der Waals surface area contributed by atoms with Crippen molar-refractivity contribution in [2.75, 3.05) is 33.2 Å². The lowest BCUT2D eigenvalue weighted by atomic mass is 10.1. The topological polar surface area (TPSA) is 35.6 Å². The van der Waals surface area contributed by atoms with Crippen molar-refractivity contribution in [3.8, 4) is 0 Å². The number of halogens is 2. The zero-order valence-electron chi connectivity index (χ0n) is 14.8. The molecule has 0 atom stereocenters. The van der Waals surface area contributed by atoms with E-state index in [0.29, 0.717) is 16.6 Å². The summed E-state index contributed by atoms with van der Waals surface area (Å²) in [6, 6.07) is 12.4. The van der Waals surface area contributed by atoms with E-state index < -0.39 is 5.82 Å². The number of nitrogens with one attached hydrogen (secondary N) is 1. The van der Waals surface area contributed by atoms with Gasteiger partial charge in [-0.1, -0.05) is 40.2 Å². The van der Waals surface area contributed by atoms with Gasteiger partial charge in [0.25, 0.3) is 5.91 Å². The van der Waals surface area contributed by atoms with Gasteiger partial charge in [0.2, 0.25) is 0 Å². The molecular formula is C20H23BrFN3O. The highest BCUT2D eigenvalue weighted by Gasteiger charge is 2.14. The lowest BCUT2D eigenvalue weighted by molar-refractivity contribution is 0.0950. The molecule has 1 aliphatic heterocycles. The van der Waals surface area contributed by atoms with E-state index >= 15 is 0 Å². The number of carbonyl (C=O) groups is 1. The van der Waals surface area contributed by atoms with E-state index in [4.69, 9.17) is 0 Å². The molecule has 26 heavy (non-hydrogen) atoms. The number of benzene rings is 2. The van der Waals surface area contributed by atoms with Gasteiger partial charge in [-0.2, -0.15) is 0 Å². The van der Waals surface area contributed by atoms with Crippen LogP contribution in [0.3, 0.4) is 0 Å². The molecule has 2 aromatic carbocycles. The van der Waals surface area contributed by atoms with E-state index in [-0.39, 0.29) is 5.91 Å². The molecular weight excluding hydrogens is 397 g/mol. The van der Waals surface area contributed by atoms with Crippen LogP contribution in [0.2, 0.25) is 0 Å². The van der Waals surface area contributed by atoms with Crippen molar-refractivity contribution >= 4 is 21.8 Å². The first-order chi connectivity index (χ1) is 12.5. The smallest absolute Gasteiger partial charge is 0.251 e. The fraction of sp³-hybridized carbons (Fsp3) is 0.350. The van der Waals surface area contributed by atoms with Gasteiger partial charge in [0.15, 0.2) is 0 Å². The summed E-state index contributed by atoms with van der Waals surface area (Å²) in [7, 11) is 2.15. The van der Waals surface area contributed by atoms with Crippen LogP contribution in [0.5, 0.6) is 0 Å². The van der Waals surface area contributed by atoms with Crippen molar-refractivity contribution in [2.45, 2.75) is 13.1 Å². The lowest BCUT2D eigenvalue weighted by Gasteiger charge is -2.32. The first-order valence-corrected chi connectivity index (χ1v) is 9.52. The Bertz CT molecular complexity index is 755. The number of piperazine rings is 1. The second-order valence-corrected chi connectivity index (χ2v) is 7.66. The van der Waals surface area contributed by atoms with E-state index in [0.717, 1.165) is 38.3 Å². The molecule has 0 spiro atoms. The molecule has 1 fully saturated rings. The summed E-state index contributed by atoms with van der Waals surface area (Å²) in [5.41, 5.74) is 2.60. The van der Waals surface area contributed by atoms with Crippen LogP contribution in [-0.4, -0.2) is 48.9 Å². The zero-order valence-corrected chi connectivity index (χ0v) is 16.4. The summed E-state index contributed by atoms with van der Waals surface area (Å²) >= 11 is 3.21. The highest BCUT2D eigenvalue weighted by Crippen LogP contribution is 2.15. The maximum absolute atomic E-state index is 13.4. The second-order valence-electron chi connectivity index (χ2n) is 6.74. The van der Waals surface area contributed by atoms with Gasteiger partial charge in [-0.25, -0.2) is 4.39 Å². The summed E-state index contributed by atoms with van der Waals surface area (Å²) < 4.78 is 14.0. The largest absolute Gasteiger partial charge is 0.348 e. The molecule has 0 aromatic heterocycles. The van der Waals surface area contributed by atoms with Gasteiger partial charge in [0.05, 0.1) is 0 Å². The minimum atomic E-state index is -0.432. The molecule has 3 rings (SSSR count). The third-order valence-corrected chi connectivity index (χ3v) is 5.03. The lowest BCUT2D eigenvalue weighted by Crippen LogP contribution is -2.43. The summed E-state index contributed by atoms with van der Waals surface area (Å²) in [4.78, 5) is 17.0. The van der Waals surface area contributed by atoms with E-state index in [1.54, 1.807) is 6.07 Å². The molecule has 1 saturated heterocycles. The maximum atomic E-state index is 13.4. The molecule has 0 aliphatic carbocycles. The molecule has 1 heterocycles. The standard InChI is InChI=1S/C20H23BrFN3O/c1-24-5-7-25(8-6-24)14-16-4-2-3-15(9-16)13-23-20(26)17-10-18(21)12-19(22)11-17/h2-4,9-12H,5-8,13-14H2,1H3,(H,23,26).